The number of nitrogens with zero attached hydrogens (tertiary/aromatic N) is 1. The van der Waals surface area contributed by atoms with E-state index in [0.717, 1.165) is 16.9 Å². The van der Waals surface area contributed by atoms with Gasteiger partial charge in [0.15, 0.2) is 0 Å². The molecule has 0 heterocycles. The first-order valence-electron chi connectivity index (χ1n) is 6.91. The molecule has 3 nitrogen and oxygen atoms in total. The Balaban J connectivity index is 2.25. The molecule has 0 unspecified atom stereocenters. The van der Waals surface area contributed by atoms with Crippen LogP contribution in [-0.2, 0) is 6.54 Å². The summed E-state index contributed by atoms with van der Waals surface area (Å²) in [7, 11) is 3.50. The molecule has 4 heteroatoms. The van der Waals surface area contributed by atoms with E-state index in [1.54, 1.807) is 13.2 Å². The van der Waals surface area contributed by atoms with Gasteiger partial charge in [-0.1, -0.05) is 24.3 Å². The zero-order chi connectivity index (χ0) is 15.4. The molecule has 1 atom stereocenters. The van der Waals surface area contributed by atoms with E-state index in [0.29, 0.717) is 12.2 Å². The van der Waals surface area contributed by atoms with Crippen molar-refractivity contribution in [2.24, 2.45) is 5.73 Å². The summed E-state index contributed by atoms with van der Waals surface area (Å²) < 4.78 is 19.3. The Morgan fingerprint density at radius 3 is 2.43 bits per heavy atom. The van der Waals surface area contributed by atoms with E-state index < -0.39 is 0 Å². The molecule has 0 spiro atoms. The fourth-order valence-electron chi connectivity index (χ4n) is 2.39. The number of rotatable bonds is 5. The zero-order valence-electron chi connectivity index (χ0n) is 12.6. The van der Waals surface area contributed by atoms with Crippen molar-refractivity contribution in [3.8, 4) is 5.75 Å². The molecule has 0 amide bonds. The molecule has 0 saturated carbocycles. The maximum absolute atomic E-state index is 14.2. The van der Waals surface area contributed by atoms with Gasteiger partial charge in [0.05, 0.1) is 12.8 Å². The number of halogens is 1. The van der Waals surface area contributed by atoms with Gasteiger partial charge in [-0.2, -0.15) is 0 Å². The number of methoxy groups -OCH3 is 1. The molecular formula is C17H21FN2O. The van der Waals surface area contributed by atoms with Crippen LogP contribution in [0.5, 0.6) is 5.75 Å². The second kappa shape index (κ2) is 6.59. The van der Waals surface area contributed by atoms with Crippen LogP contribution in [0.4, 0.5) is 10.1 Å². The fraction of sp³-hybridized carbons (Fsp3) is 0.294. The van der Waals surface area contributed by atoms with Crippen molar-refractivity contribution in [2.75, 3.05) is 19.1 Å². The van der Waals surface area contributed by atoms with Crippen molar-refractivity contribution >= 4 is 5.69 Å². The molecule has 0 fully saturated rings. The highest BCUT2D eigenvalue weighted by molar-refractivity contribution is 5.56. The van der Waals surface area contributed by atoms with Gasteiger partial charge in [-0.05, 0) is 36.2 Å². The number of nitrogens with two attached hydrogens (primary N) is 1. The standard InChI is InChI=1S/C17H21FN2O/c1-12(19)15-5-4-6-16(18)17(15)20(2)11-13-7-9-14(21-3)10-8-13/h4-10,12H,11,19H2,1-3H3/t12-/m1/s1. The first-order chi connectivity index (χ1) is 10.0. The van der Waals surface area contributed by atoms with Crippen LogP contribution in [0.1, 0.15) is 24.1 Å². The Hall–Kier alpha value is -2.07. The van der Waals surface area contributed by atoms with E-state index in [2.05, 4.69) is 0 Å². The van der Waals surface area contributed by atoms with Crippen molar-refractivity contribution in [3.05, 3.63) is 59.4 Å². The first kappa shape index (κ1) is 15.3. The third kappa shape index (κ3) is 3.52. The number of hydrogen-bond acceptors (Lipinski definition) is 3. The van der Waals surface area contributed by atoms with Gasteiger partial charge in [-0.25, -0.2) is 4.39 Å². The molecular weight excluding hydrogens is 267 g/mol. The minimum atomic E-state index is -0.249. The Labute approximate surface area is 125 Å². The molecule has 2 N–H and O–H groups in total. The monoisotopic (exact) mass is 288 g/mol. The molecule has 2 rings (SSSR count). The molecule has 0 aromatic heterocycles. The third-order valence-corrected chi connectivity index (χ3v) is 3.47. The van der Waals surface area contributed by atoms with Gasteiger partial charge in [-0.15, -0.1) is 0 Å². The number of ether oxygens (including phenoxy) is 1. The van der Waals surface area contributed by atoms with Gasteiger partial charge in [0.1, 0.15) is 11.6 Å². The Bertz CT molecular complexity index is 596. The fourth-order valence-corrected chi connectivity index (χ4v) is 2.39. The van der Waals surface area contributed by atoms with Crippen LogP contribution in [0, 0.1) is 5.82 Å². The Kier molecular flexibility index (Phi) is 4.81. The lowest BCUT2D eigenvalue weighted by atomic mass is 10.0. The summed E-state index contributed by atoms with van der Waals surface area (Å²) in [4.78, 5) is 1.88. The minimum absolute atomic E-state index is 0.214. The summed E-state index contributed by atoms with van der Waals surface area (Å²) in [6.07, 6.45) is 0. The molecule has 0 aliphatic carbocycles. The molecule has 112 valence electrons. The largest absolute Gasteiger partial charge is 0.497 e. The molecule has 0 saturated heterocycles. The van der Waals surface area contributed by atoms with Crippen LogP contribution < -0.4 is 15.4 Å². The molecule has 0 radical (unpaired) electrons. The van der Waals surface area contributed by atoms with Crippen LogP contribution in [0.2, 0.25) is 0 Å². The number of benzene rings is 2. The molecule has 2 aromatic rings. The van der Waals surface area contributed by atoms with E-state index >= 15 is 0 Å². The van der Waals surface area contributed by atoms with Crippen molar-refractivity contribution in [1.82, 2.24) is 0 Å². The second-order valence-electron chi connectivity index (χ2n) is 5.17. The second-order valence-corrected chi connectivity index (χ2v) is 5.17. The van der Waals surface area contributed by atoms with Crippen molar-refractivity contribution in [2.45, 2.75) is 19.5 Å². The zero-order valence-corrected chi connectivity index (χ0v) is 12.6. The van der Waals surface area contributed by atoms with E-state index in [1.165, 1.54) is 6.07 Å². The smallest absolute Gasteiger partial charge is 0.146 e. The van der Waals surface area contributed by atoms with Gasteiger partial charge in [0.2, 0.25) is 0 Å². The number of anilines is 1. The Morgan fingerprint density at radius 2 is 1.86 bits per heavy atom. The topological polar surface area (TPSA) is 38.5 Å². The van der Waals surface area contributed by atoms with Crippen LogP contribution in [0.15, 0.2) is 42.5 Å². The quantitative estimate of drug-likeness (QED) is 0.915. The van der Waals surface area contributed by atoms with E-state index in [-0.39, 0.29) is 11.9 Å². The normalized spacial score (nSPS) is 12.0. The SMILES string of the molecule is COc1ccc(CN(C)c2c(F)cccc2[C@@H](C)N)cc1. The molecule has 0 bridgehead atoms. The summed E-state index contributed by atoms with van der Waals surface area (Å²) in [5, 5.41) is 0. The average molecular weight is 288 g/mol. The van der Waals surface area contributed by atoms with Gasteiger partial charge < -0.3 is 15.4 Å². The maximum Gasteiger partial charge on any atom is 0.146 e. The summed E-state index contributed by atoms with van der Waals surface area (Å²) in [5.41, 5.74) is 8.39. The van der Waals surface area contributed by atoms with Crippen molar-refractivity contribution in [1.29, 1.82) is 0 Å². The lowest BCUT2D eigenvalue weighted by Gasteiger charge is -2.24. The Morgan fingerprint density at radius 1 is 1.19 bits per heavy atom. The highest BCUT2D eigenvalue weighted by Gasteiger charge is 2.15. The first-order valence-corrected chi connectivity index (χ1v) is 6.91. The predicted molar refractivity (Wildman–Crippen MR) is 84.1 cm³/mol. The van der Waals surface area contributed by atoms with Crippen LogP contribution in [0.25, 0.3) is 0 Å². The maximum atomic E-state index is 14.2. The lowest BCUT2D eigenvalue weighted by Crippen LogP contribution is -2.21. The summed E-state index contributed by atoms with van der Waals surface area (Å²) >= 11 is 0. The van der Waals surface area contributed by atoms with Gasteiger partial charge in [0.25, 0.3) is 0 Å². The van der Waals surface area contributed by atoms with Crippen molar-refractivity contribution in [3.63, 3.8) is 0 Å². The van der Waals surface area contributed by atoms with Crippen LogP contribution >= 0.6 is 0 Å². The highest BCUT2D eigenvalue weighted by Crippen LogP contribution is 2.28. The van der Waals surface area contributed by atoms with Crippen LogP contribution in [0.3, 0.4) is 0 Å². The molecule has 2 aromatic carbocycles. The molecule has 21 heavy (non-hydrogen) atoms. The lowest BCUT2D eigenvalue weighted by molar-refractivity contribution is 0.414. The minimum Gasteiger partial charge on any atom is -0.497 e. The average Bonchev–Trinajstić information content (AvgIpc) is 2.47. The summed E-state index contributed by atoms with van der Waals surface area (Å²) in [6, 6.07) is 12.6. The molecule has 0 aliphatic rings. The van der Waals surface area contributed by atoms with Gasteiger partial charge >= 0.3 is 0 Å². The van der Waals surface area contributed by atoms with Crippen LogP contribution in [-0.4, -0.2) is 14.2 Å². The summed E-state index contributed by atoms with van der Waals surface area (Å²) in [6.45, 7) is 2.46. The van der Waals surface area contributed by atoms with E-state index in [9.17, 15) is 4.39 Å². The number of hydrogen-bond donors (Lipinski definition) is 1. The van der Waals surface area contributed by atoms with Gasteiger partial charge in [0, 0.05) is 19.6 Å². The van der Waals surface area contributed by atoms with E-state index in [4.69, 9.17) is 10.5 Å². The van der Waals surface area contributed by atoms with Gasteiger partial charge in [-0.3, -0.25) is 0 Å². The predicted octanol–water partition coefficient (Wildman–Crippen LogP) is 3.49. The third-order valence-electron chi connectivity index (χ3n) is 3.47. The summed E-state index contributed by atoms with van der Waals surface area (Å²) in [5.74, 6) is 0.560. The number of para-hydroxylation sites is 1. The van der Waals surface area contributed by atoms with E-state index in [1.807, 2.05) is 49.2 Å². The highest BCUT2D eigenvalue weighted by atomic mass is 19.1. The van der Waals surface area contributed by atoms with Crippen molar-refractivity contribution < 1.29 is 9.13 Å². The molecule has 0 aliphatic heterocycles.